The van der Waals surface area contributed by atoms with Crippen LogP contribution in [0.15, 0.2) is 42.5 Å². The summed E-state index contributed by atoms with van der Waals surface area (Å²) >= 11 is 6.00. The largest absolute Gasteiger partial charge is 0.491 e. The molecule has 2 aromatic rings. The molecule has 26 heavy (non-hydrogen) atoms. The van der Waals surface area contributed by atoms with Crippen LogP contribution in [0.3, 0.4) is 0 Å². The van der Waals surface area contributed by atoms with Gasteiger partial charge in [-0.15, -0.1) is 0 Å². The molecule has 0 amide bonds. The second-order valence-electron chi connectivity index (χ2n) is 6.61. The smallest absolute Gasteiger partial charge is 0.146 e. The topological polar surface area (TPSA) is 35.9 Å². The summed E-state index contributed by atoms with van der Waals surface area (Å²) in [5, 5.41) is 10.9. The van der Waals surface area contributed by atoms with Gasteiger partial charge in [-0.25, -0.2) is 4.39 Å². The summed E-state index contributed by atoms with van der Waals surface area (Å²) in [5.41, 5.74) is 1.59. The molecule has 0 bridgehead atoms. The quantitative estimate of drug-likeness (QED) is 0.836. The van der Waals surface area contributed by atoms with Gasteiger partial charge in [0, 0.05) is 37.7 Å². The molecule has 0 saturated carbocycles. The number of nitrogens with zero attached hydrogens (tertiary/aromatic N) is 2. The Morgan fingerprint density at radius 1 is 1.15 bits per heavy atom. The molecule has 3 rings (SSSR count). The highest BCUT2D eigenvalue weighted by molar-refractivity contribution is 6.31. The average Bonchev–Trinajstić information content (AvgIpc) is 2.64. The number of β-amino-alcohol motifs (C(OH)–C–C–N with tert-alkyl or cyclic N) is 1. The van der Waals surface area contributed by atoms with Crippen LogP contribution in [0.25, 0.3) is 0 Å². The van der Waals surface area contributed by atoms with E-state index in [1.165, 1.54) is 6.07 Å². The van der Waals surface area contributed by atoms with E-state index >= 15 is 0 Å². The van der Waals surface area contributed by atoms with Crippen molar-refractivity contribution in [2.45, 2.75) is 13.0 Å². The monoisotopic (exact) mass is 378 g/mol. The Morgan fingerprint density at radius 3 is 2.58 bits per heavy atom. The number of para-hydroxylation sites is 1. The van der Waals surface area contributed by atoms with Gasteiger partial charge in [-0.05, 0) is 42.8 Å². The first-order valence-corrected chi connectivity index (χ1v) is 9.19. The third-order valence-electron chi connectivity index (χ3n) is 4.61. The molecule has 140 valence electrons. The Morgan fingerprint density at radius 2 is 1.88 bits per heavy atom. The first kappa shape index (κ1) is 19.0. The summed E-state index contributed by atoms with van der Waals surface area (Å²) in [4.78, 5) is 4.23. The lowest BCUT2D eigenvalue weighted by Gasteiger charge is -2.36. The van der Waals surface area contributed by atoms with Crippen LogP contribution in [0.4, 0.5) is 10.1 Å². The molecule has 1 aliphatic heterocycles. The summed E-state index contributed by atoms with van der Waals surface area (Å²) in [6.45, 7) is 5.74. The number of anilines is 1. The van der Waals surface area contributed by atoms with Gasteiger partial charge in [0.25, 0.3) is 0 Å². The van der Waals surface area contributed by atoms with Crippen LogP contribution >= 0.6 is 11.6 Å². The van der Waals surface area contributed by atoms with Crippen molar-refractivity contribution in [3.05, 3.63) is 58.9 Å². The lowest BCUT2D eigenvalue weighted by Crippen LogP contribution is -2.49. The van der Waals surface area contributed by atoms with E-state index in [9.17, 15) is 9.50 Å². The molecule has 1 fully saturated rings. The van der Waals surface area contributed by atoms with Gasteiger partial charge < -0.3 is 14.7 Å². The normalized spacial score (nSPS) is 16.5. The molecule has 1 unspecified atom stereocenters. The van der Waals surface area contributed by atoms with Crippen molar-refractivity contribution >= 4 is 17.3 Å². The molecule has 1 atom stereocenters. The Labute approximate surface area is 158 Å². The summed E-state index contributed by atoms with van der Waals surface area (Å²) in [6, 6.07) is 12.3. The van der Waals surface area contributed by atoms with Crippen molar-refractivity contribution in [2.24, 2.45) is 0 Å². The van der Waals surface area contributed by atoms with Gasteiger partial charge in [-0.1, -0.05) is 23.7 Å². The van der Waals surface area contributed by atoms with Gasteiger partial charge in [-0.2, -0.15) is 0 Å². The minimum Gasteiger partial charge on any atom is -0.491 e. The van der Waals surface area contributed by atoms with Crippen molar-refractivity contribution in [1.82, 2.24) is 4.90 Å². The lowest BCUT2D eigenvalue weighted by molar-refractivity contribution is 0.0662. The average molecular weight is 379 g/mol. The highest BCUT2D eigenvalue weighted by Gasteiger charge is 2.21. The fourth-order valence-electron chi connectivity index (χ4n) is 3.13. The second kappa shape index (κ2) is 8.71. The molecule has 0 spiro atoms. The predicted molar refractivity (Wildman–Crippen MR) is 103 cm³/mol. The zero-order valence-corrected chi connectivity index (χ0v) is 15.6. The molecule has 6 heteroatoms. The zero-order valence-electron chi connectivity index (χ0n) is 14.9. The molecule has 4 nitrogen and oxygen atoms in total. The number of halogens is 2. The highest BCUT2D eigenvalue weighted by Crippen LogP contribution is 2.22. The van der Waals surface area contributed by atoms with Gasteiger partial charge in [0.05, 0.1) is 5.69 Å². The number of aryl methyl sites for hydroxylation is 1. The number of hydrogen-bond donors (Lipinski definition) is 1. The highest BCUT2D eigenvalue weighted by atomic mass is 35.5. The van der Waals surface area contributed by atoms with Crippen LogP contribution in [0.5, 0.6) is 5.75 Å². The number of aliphatic hydroxyl groups excluding tert-OH is 1. The molecule has 1 saturated heterocycles. The lowest BCUT2D eigenvalue weighted by atomic mass is 10.2. The van der Waals surface area contributed by atoms with Gasteiger partial charge in [0.2, 0.25) is 0 Å². The Bertz CT molecular complexity index is 736. The van der Waals surface area contributed by atoms with Crippen LogP contribution in [-0.2, 0) is 0 Å². The number of ether oxygens (including phenoxy) is 1. The van der Waals surface area contributed by atoms with E-state index in [1.54, 1.807) is 18.2 Å². The third kappa shape index (κ3) is 4.87. The molecule has 1 heterocycles. The minimum absolute atomic E-state index is 0.187. The van der Waals surface area contributed by atoms with Crippen LogP contribution in [0.2, 0.25) is 5.02 Å². The van der Waals surface area contributed by atoms with Crippen molar-refractivity contribution in [3.8, 4) is 5.75 Å². The van der Waals surface area contributed by atoms with Crippen molar-refractivity contribution < 1.29 is 14.2 Å². The second-order valence-corrected chi connectivity index (χ2v) is 7.02. The fraction of sp³-hybridized carbons (Fsp3) is 0.400. The Balaban J connectivity index is 1.44. The summed E-state index contributed by atoms with van der Waals surface area (Å²) in [6.07, 6.45) is -0.578. The molecule has 2 aromatic carbocycles. The van der Waals surface area contributed by atoms with Crippen LogP contribution in [0, 0.1) is 12.7 Å². The summed E-state index contributed by atoms with van der Waals surface area (Å²) in [7, 11) is 0. The van der Waals surface area contributed by atoms with Crippen LogP contribution in [0.1, 0.15) is 5.56 Å². The van der Waals surface area contributed by atoms with E-state index in [0.717, 1.165) is 31.7 Å². The van der Waals surface area contributed by atoms with E-state index < -0.39 is 6.10 Å². The maximum Gasteiger partial charge on any atom is 0.146 e. The number of hydrogen-bond acceptors (Lipinski definition) is 4. The molecule has 0 radical (unpaired) electrons. The van der Waals surface area contributed by atoms with Gasteiger partial charge in [0.15, 0.2) is 0 Å². The van der Waals surface area contributed by atoms with Crippen molar-refractivity contribution in [2.75, 3.05) is 44.2 Å². The number of piperazine rings is 1. The van der Waals surface area contributed by atoms with Crippen molar-refractivity contribution in [1.29, 1.82) is 0 Å². The van der Waals surface area contributed by atoms with E-state index in [1.807, 2.05) is 30.0 Å². The van der Waals surface area contributed by atoms with Gasteiger partial charge in [0.1, 0.15) is 24.3 Å². The fourth-order valence-corrected chi connectivity index (χ4v) is 3.25. The predicted octanol–water partition coefficient (Wildman–Crippen LogP) is 3.35. The zero-order chi connectivity index (χ0) is 18.5. The minimum atomic E-state index is -0.578. The Hall–Kier alpha value is -1.82. The van der Waals surface area contributed by atoms with Crippen LogP contribution < -0.4 is 9.64 Å². The molecular formula is C20H24ClFN2O2. The summed E-state index contributed by atoms with van der Waals surface area (Å²) in [5.74, 6) is 0.517. The molecule has 1 aliphatic rings. The Kier molecular flexibility index (Phi) is 6.35. The summed E-state index contributed by atoms with van der Waals surface area (Å²) < 4.78 is 19.5. The number of rotatable bonds is 6. The number of aliphatic hydroxyl groups is 1. The molecular weight excluding hydrogens is 355 g/mol. The van der Waals surface area contributed by atoms with Crippen molar-refractivity contribution in [3.63, 3.8) is 0 Å². The third-order valence-corrected chi connectivity index (χ3v) is 5.03. The van der Waals surface area contributed by atoms with E-state index in [0.29, 0.717) is 23.0 Å². The molecule has 0 aliphatic carbocycles. The van der Waals surface area contributed by atoms with Crippen LogP contribution in [-0.4, -0.2) is 55.4 Å². The SMILES string of the molecule is Cc1cc(OCC(O)CN2CCN(c3ccccc3F)CC2)ccc1Cl. The maximum atomic E-state index is 13.9. The first-order chi connectivity index (χ1) is 12.5. The van der Waals surface area contributed by atoms with Gasteiger partial charge >= 0.3 is 0 Å². The first-order valence-electron chi connectivity index (χ1n) is 8.82. The van der Waals surface area contributed by atoms with E-state index in [2.05, 4.69) is 4.90 Å². The molecule has 0 aromatic heterocycles. The van der Waals surface area contributed by atoms with E-state index in [4.69, 9.17) is 16.3 Å². The molecule has 1 N–H and O–H groups in total. The van der Waals surface area contributed by atoms with Gasteiger partial charge in [-0.3, -0.25) is 4.90 Å². The number of benzene rings is 2. The van der Waals surface area contributed by atoms with E-state index in [-0.39, 0.29) is 12.4 Å². The maximum absolute atomic E-state index is 13.9. The standard InChI is InChI=1S/C20H24ClFN2O2/c1-15-12-17(6-7-18(15)21)26-14-16(25)13-23-8-10-24(11-9-23)20-5-3-2-4-19(20)22/h2-7,12,16,25H,8-11,13-14H2,1H3.